The summed E-state index contributed by atoms with van der Waals surface area (Å²) in [6.45, 7) is 3.50. The molecule has 4 nitrogen and oxygen atoms in total. The molecule has 0 radical (unpaired) electrons. The molecule has 166 valence electrons. The average molecular weight is 477 g/mol. The van der Waals surface area contributed by atoms with Gasteiger partial charge in [-0.1, -0.05) is 11.6 Å². The van der Waals surface area contributed by atoms with E-state index < -0.39 is 10.8 Å². The van der Waals surface area contributed by atoms with Crippen LogP contribution in [-0.4, -0.2) is 53.1 Å². The van der Waals surface area contributed by atoms with Crippen LogP contribution in [0.15, 0.2) is 47.4 Å². The zero-order valence-electron chi connectivity index (χ0n) is 17.9. The zero-order valence-corrected chi connectivity index (χ0v) is 20.3. The molecule has 2 saturated heterocycles. The molecule has 0 N–H and O–H groups in total. The Kier molecular flexibility index (Phi) is 9.73. The lowest BCUT2D eigenvalue weighted by Crippen LogP contribution is -2.32. The highest BCUT2D eigenvalue weighted by Crippen LogP contribution is 2.26. The molecule has 2 aliphatic rings. The highest BCUT2D eigenvalue weighted by Gasteiger charge is 2.24. The third-order valence-corrected chi connectivity index (χ3v) is 8.54. The van der Waals surface area contributed by atoms with Crippen molar-refractivity contribution in [3.63, 3.8) is 0 Å². The van der Waals surface area contributed by atoms with E-state index >= 15 is 0 Å². The van der Waals surface area contributed by atoms with E-state index in [1.54, 1.807) is 13.2 Å². The second-order valence-electron chi connectivity index (χ2n) is 7.88. The van der Waals surface area contributed by atoms with Gasteiger partial charge in [-0.15, -0.1) is 11.8 Å². The fourth-order valence-corrected chi connectivity index (χ4v) is 6.35. The third kappa shape index (κ3) is 8.16. The first-order valence-electron chi connectivity index (χ1n) is 10.6. The van der Waals surface area contributed by atoms with Crippen molar-refractivity contribution >= 4 is 34.2 Å². The number of benzene rings is 2. The number of rotatable bonds is 7. The van der Waals surface area contributed by atoms with Crippen LogP contribution in [0.3, 0.4) is 0 Å². The van der Waals surface area contributed by atoms with Crippen LogP contribution in [0.1, 0.15) is 24.0 Å². The molecule has 0 spiro atoms. The molecule has 7 heteroatoms. The first-order chi connectivity index (χ1) is 15.1. The van der Waals surface area contributed by atoms with Crippen LogP contribution in [0.2, 0.25) is 5.02 Å². The smallest absolute Gasteiger partial charge is 0.118 e. The minimum Gasteiger partial charge on any atom is -0.497 e. The van der Waals surface area contributed by atoms with E-state index in [0.29, 0.717) is 16.5 Å². The van der Waals surface area contributed by atoms with Gasteiger partial charge in [-0.25, -0.2) is 0 Å². The predicted molar refractivity (Wildman–Crippen MR) is 131 cm³/mol. The van der Waals surface area contributed by atoms with Crippen LogP contribution in [0, 0.1) is 17.2 Å². The van der Waals surface area contributed by atoms with Gasteiger partial charge in [-0.05, 0) is 86.3 Å². The van der Waals surface area contributed by atoms with Crippen molar-refractivity contribution in [2.45, 2.75) is 24.2 Å². The molecule has 31 heavy (non-hydrogen) atoms. The first kappa shape index (κ1) is 24.1. The maximum absolute atomic E-state index is 10.9. The summed E-state index contributed by atoms with van der Waals surface area (Å²) >= 11 is 7.80. The number of hydrogen-bond acceptors (Lipinski definition) is 5. The van der Waals surface area contributed by atoms with Gasteiger partial charge in [0, 0.05) is 44.5 Å². The maximum Gasteiger partial charge on any atom is 0.118 e. The van der Waals surface area contributed by atoms with Crippen LogP contribution in [0.4, 0.5) is 0 Å². The summed E-state index contributed by atoms with van der Waals surface area (Å²) in [6.07, 6.45) is 3.62. The molecule has 2 heterocycles. The van der Waals surface area contributed by atoms with E-state index in [4.69, 9.17) is 21.6 Å². The van der Waals surface area contributed by atoms with Crippen molar-refractivity contribution in [3.05, 3.63) is 58.6 Å². The number of methoxy groups -OCH3 is 1. The van der Waals surface area contributed by atoms with Crippen molar-refractivity contribution in [3.8, 4) is 11.8 Å². The fraction of sp³-hybridized carbons (Fsp3) is 0.458. The molecule has 4 rings (SSSR count). The van der Waals surface area contributed by atoms with Gasteiger partial charge in [0.1, 0.15) is 5.75 Å². The highest BCUT2D eigenvalue weighted by atomic mass is 35.5. The SMILES string of the molecule is COc1ccc(SCC2CS(=O)C2)cc1.N#Cc1cc(Cl)cc(CCN2CCCC2)c1. The molecule has 2 aliphatic heterocycles. The van der Waals surface area contributed by atoms with Crippen LogP contribution >= 0.6 is 23.4 Å². The Morgan fingerprint density at radius 3 is 2.52 bits per heavy atom. The molecule has 2 fully saturated rings. The summed E-state index contributed by atoms with van der Waals surface area (Å²) in [6, 6.07) is 15.8. The Labute approximate surface area is 197 Å². The summed E-state index contributed by atoms with van der Waals surface area (Å²) in [7, 11) is 1.15. The molecule has 2 aromatic carbocycles. The monoisotopic (exact) mass is 476 g/mol. The van der Waals surface area contributed by atoms with Crippen LogP contribution in [-0.2, 0) is 17.2 Å². The normalized spacial score (nSPS) is 20.3. The summed E-state index contributed by atoms with van der Waals surface area (Å²) in [5.41, 5.74) is 1.82. The Hall–Kier alpha value is -1.52. The second-order valence-corrected chi connectivity index (χ2v) is 11.0. The third-order valence-electron chi connectivity index (χ3n) is 5.39. The van der Waals surface area contributed by atoms with Gasteiger partial charge in [0.25, 0.3) is 0 Å². The largest absolute Gasteiger partial charge is 0.497 e. The molecule has 0 aromatic heterocycles. The quantitative estimate of drug-likeness (QED) is 0.525. The van der Waals surface area contributed by atoms with E-state index in [-0.39, 0.29) is 0 Å². The Morgan fingerprint density at radius 2 is 1.90 bits per heavy atom. The minimum atomic E-state index is -0.518. The van der Waals surface area contributed by atoms with Crippen LogP contribution < -0.4 is 4.74 Å². The highest BCUT2D eigenvalue weighted by molar-refractivity contribution is 7.99. The van der Waals surface area contributed by atoms with Crippen LogP contribution in [0.5, 0.6) is 5.75 Å². The molecule has 0 aliphatic carbocycles. The van der Waals surface area contributed by atoms with Crippen molar-refractivity contribution in [1.29, 1.82) is 5.26 Å². The molecule has 0 saturated carbocycles. The van der Waals surface area contributed by atoms with Crippen molar-refractivity contribution in [2.75, 3.05) is 44.0 Å². The van der Waals surface area contributed by atoms with E-state index in [0.717, 1.165) is 41.5 Å². The van der Waals surface area contributed by atoms with Gasteiger partial charge < -0.3 is 9.64 Å². The maximum atomic E-state index is 10.9. The lowest BCUT2D eigenvalue weighted by Gasteiger charge is -2.24. The molecular formula is C24H29ClN2O2S2. The molecule has 0 amide bonds. The Morgan fingerprint density at radius 1 is 1.19 bits per heavy atom. The number of nitrogens with zero attached hydrogens (tertiary/aromatic N) is 2. The number of ether oxygens (including phenoxy) is 1. The predicted octanol–water partition coefficient (Wildman–Crippen LogP) is 5.02. The standard InChI is InChI=1S/C13H15ClN2.C11H14O2S2/c14-13-8-11(7-12(9-13)10-15)3-6-16-4-1-2-5-16;1-13-10-2-4-11(5-3-10)14-6-9-7-15(12)8-9/h7-9H,1-6H2;2-5,9H,6-8H2,1H3. The molecule has 2 aromatic rings. The van der Waals surface area contributed by atoms with Gasteiger partial charge in [-0.3, -0.25) is 4.21 Å². The molecular weight excluding hydrogens is 448 g/mol. The van der Waals surface area contributed by atoms with Crippen molar-refractivity contribution in [1.82, 2.24) is 4.90 Å². The fourth-order valence-electron chi connectivity index (χ4n) is 3.61. The lowest BCUT2D eigenvalue weighted by atomic mass is 10.1. The topological polar surface area (TPSA) is 53.3 Å². The molecule has 0 bridgehead atoms. The van der Waals surface area contributed by atoms with Crippen LogP contribution in [0.25, 0.3) is 0 Å². The summed E-state index contributed by atoms with van der Waals surface area (Å²) < 4.78 is 16.0. The second kappa shape index (κ2) is 12.5. The number of thioether (sulfide) groups is 1. The number of hydrogen-bond donors (Lipinski definition) is 0. The van der Waals surface area contributed by atoms with Gasteiger partial charge in [0.05, 0.1) is 18.7 Å². The van der Waals surface area contributed by atoms with Gasteiger partial charge in [0.2, 0.25) is 0 Å². The zero-order chi connectivity index (χ0) is 22.1. The minimum absolute atomic E-state index is 0.518. The van der Waals surface area contributed by atoms with E-state index in [9.17, 15) is 4.21 Å². The van der Waals surface area contributed by atoms with Crippen molar-refractivity contribution < 1.29 is 8.95 Å². The first-order valence-corrected chi connectivity index (χ1v) is 13.4. The van der Waals surface area contributed by atoms with Crippen molar-refractivity contribution in [2.24, 2.45) is 5.92 Å². The Balaban J connectivity index is 0.000000176. The van der Waals surface area contributed by atoms with E-state index in [2.05, 4.69) is 23.1 Å². The summed E-state index contributed by atoms with van der Waals surface area (Å²) in [5, 5.41) is 9.51. The number of halogens is 1. The molecule has 0 atom stereocenters. The van der Waals surface area contributed by atoms with E-state index in [1.807, 2.05) is 36.0 Å². The Bertz CT molecular complexity index is 901. The average Bonchev–Trinajstić information content (AvgIpc) is 3.29. The number of likely N-dealkylation sites (tertiary alicyclic amines) is 1. The molecule has 0 unspecified atom stereocenters. The number of nitriles is 1. The van der Waals surface area contributed by atoms with E-state index in [1.165, 1.54) is 30.8 Å². The summed E-state index contributed by atoms with van der Waals surface area (Å²) in [4.78, 5) is 3.72. The lowest BCUT2D eigenvalue weighted by molar-refractivity contribution is 0.343. The van der Waals surface area contributed by atoms with Gasteiger partial charge >= 0.3 is 0 Å². The van der Waals surface area contributed by atoms with Gasteiger partial charge in [-0.2, -0.15) is 5.26 Å². The summed E-state index contributed by atoms with van der Waals surface area (Å²) in [5.74, 6) is 4.41. The van der Waals surface area contributed by atoms with Gasteiger partial charge in [0.15, 0.2) is 0 Å².